The van der Waals surface area contributed by atoms with E-state index < -0.39 is 23.0 Å². The monoisotopic (exact) mass is 448 g/mol. The van der Waals surface area contributed by atoms with E-state index in [1.54, 1.807) is 12.1 Å². The van der Waals surface area contributed by atoms with Crippen LogP contribution in [-0.2, 0) is 4.79 Å². The Labute approximate surface area is 187 Å². The Hall–Kier alpha value is -2.47. The number of pyridine rings is 1. The Bertz CT molecular complexity index is 945. The zero-order chi connectivity index (χ0) is 23.3. The molecule has 1 aromatic carbocycles. The third-order valence-corrected chi connectivity index (χ3v) is 6.42. The second-order valence-electron chi connectivity index (χ2n) is 8.63. The number of anilines is 1. The molecule has 1 heterocycles. The van der Waals surface area contributed by atoms with Gasteiger partial charge in [-0.25, -0.2) is 9.37 Å². The lowest BCUT2D eigenvalue weighted by molar-refractivity contribution is -0.140. The Morgan fingerprint density at radius 2 is 1.87 bits per heavy atom. The number of carbonyl (C=O) groups excluding carboxylic acids is 1. The van der Waals surface area contributed by atoms with Crippen LogP contribution in [0.3, 0.4) is 0 Å². The summed E-state index contributed by atoms with van der Waals surface area (Å²) in [6, 6.07) is 6.14. The number of aromatic nitrogens is 1. The van der Waals surface area contributed by atoms with Crippen LogP contribution in [0.1, 0.15) is 80.8 Å². The van der Waals surface area contributed by atoms with Crippen LogP contribution in [0.25, 0.3) is 0 Å². The number of aliphatic carboxylic acids is 1. The number of nitrogens with zero attached hydrogens (tertiary/aromatic N) is 1. The van der Waals surface area contributed by atoms with Crippen LogP contribution in [0.2, 0.25) is 5.02 Å². The molecule has 168 valence electrons. The number of nitrogen functional groups attached to an aromatic ring is 1. The minimum Gasteiger partial charge on any atom is -0.481 e. The molecule has 0 aliphatic rings. The third kappa shape index (κ3) is 5.82. The molecule has 2 atom stereocenters. The summed E-state index contributed by atoms with van der Waals surface area (Å²) >= 11 is 6.22. The molecule has 0 aliphatic carbocycles. The van der Waals surface area contributed by atoms with E-state index in [1.807, 2.05) is 27.7 Å². The number of hydrogen-bond acceptors (Lipinski definition) is 4. The number of carboxylic acid groups (broad SMARTS) is 1. The molecule has 7 heteroatoms. The average Bonchev–Trinajstić information content (AvgIpc) is 2.69. The first-order valence-electron chi connectivity index (χ1n) is 10.5. The van der Waals surface area contributed by atoms with Crippen molar-refractivity contribution in [2.45, 2.75) is 59.3 Å². The number of benzene rings is 1. The van der Waals surface area contributed by atoms with E-state index in [2.05, 4.69) is 4.98 Å². The van der Waals surface area contributed by atoms with Gasteiger partial charge in [0.2, 0.25) is 0 Å². The minimum atomic E-state index is -0.848. The Kier molecular flexibility index (Phi) is 8.18. The van der Waals surface area contributed by atoms with Gasteiger partial charge in [-0.05, 0) is 53.9 Å². The van der Waals surface area contributed by atoms with Crippen molar-refractivity contribution in [1.82, 2.24) is 4.98 Å². The van der Waals surface area contributed by atoms with Crippen LogP contribution in [-0.4, -0.2) is 21.8 Å². The molecule has 0 saturated heterocycles. The number of nitrogens with two attached hydrogens (primary N) is 1. The van der Waals surface area contributed by atoms with Gasteiger partial charge in [0.25, 0.3) is 0 Å². The molecular formula is C24H30ClFN2O3. The van der Waals surface area contributed by atoms with Gasteiger partial charge in [0, 0.05) is 11.8 Å². The molecule has 3 N–H and O–H groups in total. The predicted molar refractivity (Wildman–Crippen MR) is 121 cm³/mol. The summed E-state index contributed by atoms with van der Waals surface area (Å²) < 4.78 is 15.6. The van der Waals surface area contributed by atoms with Crippen molar-refractivity contribution in [3.05, 3.63) is 58.0 Å². The summed E-state index contributed by atoms with van der Waals surface area (Å²) in [6.07, 6.45) is 3.38. The number of carbonyl (C=O) groups is 2. The summed E-state index contributed by atoms with van der Waals surface area (Å²) in [5.74, 6) is -1.87. The van der Waals surface area contributed by atoms with Gasteiger partial charge in [-0.1, -0.05) is 51.8 Å². The molecule has 5 nitrogen and oxygen atoms in total. The number of hydrogen-bond donors (Lipinski definition) is 2. The molecule has 0 saturated carbocycles. The Morgan fingerprint density at radius 1 is 1.19 bits per heavy atom. The largest absolute Gasteiger partial charge is 0.481 e. The maximum absolute atomic E-state index is 15.6. The van der Waals surface area contributed by atoms with E-state index in [1.165, 1.54) is 18.3 Å². The van der Waals surface area contributed by atoms with E-state index in [0.717, 1.165) is 6.42 Å². The molecule has 2 aromatic rings. The smallest absolute Gasteiger partial charge is 0.303 e. The summed E-state index contributed by atoms with van der Waals surface area (Å²) in [4.78, 5) is 28.2. The lowest BCUT2D eigenvalue weighted by Crippen LogP contribution is -2.28. The molecule has 0 spiro atoms. The molecule has 2 unspecified atom stereocenters. The average molecular weight is 449 g/mol. The molecule has 0 amide bonds. The topological polar surface area (TPSA) is 93.3 Å². The molecule has 31 heavy (non-hydrogen) atoms. The van der Waals surface area contributed by atoms with Crippen molar-refractivity contribution in [2.75, 3.05) is 5.73 Å². The first-order chi connectivity index (χ1) is 14.5. The summed E-state index contributed by atoms with van der Waals surface area (Å²) in [6.45, 7) is 7.84. The van der Waals surface area contributed by atoms with Crippen LogP contribution in [0.15, 0.2) is 30.5 Å². The Morgan fingerprint density at radius 3 is 2.39 bits per heavy atom. The maximum atomic E-state index is 15.6. The van der Waals surface area contributed by atoms with Crippen molar-refractivity contribution < 1.29 is 19.1 Å². The highest BCUT2D eigenvalue weighted by Crippen LogP contribution is 2.42. The van der Waals surface area contributed by atoms with Crippen molar-refractivity contribution >= 4 is 29.2 Å². The predicted octanol–water partition coefficient (Wildman–Crippen LogP) is 6.10. The quantitative estimate of drug-likeness (QED) is 0.428. The summed E-state index contributed by atoms with van der Waals surface area (Å²) in [7, 11) is 0. The zero-order valence-electron chi connectivity index (χ0n) is 18.4. The van der Waals surface area contributed by atoms with Crippen molar-refractivity contribution in [3.8, 4) is 0 Å². The minimum absolute atomic E-state index is 0.0381. The summed E-state index contributed by atoms with van der Waals surface area (Å²) in [5, 5.41) is 9.31. The second kappa shape index (κ2) is 10.2. The maximum Gasteiger partial charge on any atom is 0.303 e. The number of rotatable bonds is 10. The van der Waals surface area contributed by atoms with Gasteiger partial charge in [0.1, 0.15) is 11.6 Å². The van der Waals surface area contributed by atoms with Crippen molar-refractivity contribution in [1.29, 1.82) is 0 Å². The molecule has 0 bridgehead atoms. The van der Waals surface area contributed by atoms with E-state index >= 15 is 4.39 Å². The second-order valence-corrected chi connectivity index (χ2v) is 9.04. The third-order valence-electron chi connectivity index (χ3n) is 6.10. The van der Waals surface area contributed by atoms with Gasteiger partial charge in [-0.15, -0.1) is 0 Å². The first kappa shape index (κ1) is 24.8. The van der Waals surface area contributed by atoms with Gasteiger partial charge in [0.15, 0.2) is 5.78 Å². The number of ketones is 1. The van der Waals surface area contributed by atoms with Crippen LogP contribution >= 0.6 is 11.6 Å². The highest BCUT2D eigenvalue weighted by Gasteiger charge is 2.33. The number of carboxylic acids is 1. The van der Waals surface area contributed by atoms with Gasteiger partial charge >= 0.3 is 5.97 Å². The van der Waals surface area contributed by atoms with Crippen molar-refractivity contribution in [3.63, 3.8) is 0 Å². The van der Waals surface area contributed by atoms with Gasteiger partial charge < -0.3 is 10.8 Å². The normalized spacial score (nSPS) is 13.6. The van der Waals surface area contributed by atoms with Crippen LogP contribution in [0.5, 0.6) is 0 Å². The van der Waals surface area contributed by atoms with Crippen LogP contribution in [0.4, 0.5) is 10.2 Å². The highest BCUT2D eigenvalue weighted by molar-refractivity contribution is 6.35. The van der Waals surface area contributed by atoms with E-state index in [0.29, 0.717) is 18.4 Å². The summed E-state index contributed by atoms with van der Waals surface area (Å²) in [5.41, 5.74) is 5.58. The highest BCUT2D eigenvalue weighted by atomic mass is 35.5. The molecule has 0 fully saturated rings. The van der Waals surface area contributed by atoms with Crippen LogP contribution in [0, 0.1) is 17.2 Å². The zero-order valence-corrected chi connectivity index (χ0v) is 19.2. The molecule has 0 radical (unpaired) electrons. The standard InChI is InChI=1S/C24H30ClFN2O3/c1-5-14(11-16(6-2)24(3,4)12-20(29)30)17-8-9-18(25)21(22(17)26)23(31)15-7-10-19(27)28-13-15/h7-10,13-14,16H,5-6,11-12H2,1-4H3,(H2,27,28)(H,29,30). The van der Waals surface area contributed by atoms with E-state index in [4.69, 9.17) is 17.3 Å². The SMILES string of the molecule is CCC(CC(CC)C(C)(C)CC(=O)O)c1ccc(Cl)c(C(=O)c2ccc(N)nc2)c1F. The molecule has 2 rings (SSSR count). The fourth-order valence-corrected chi connectivity index (χ4v) is 4.44. The first-order valence-corrected chi connectivity index (χ1v) is 10.8. The molecule has 1 aromatic heterocycles. The number of halogens is 2. The Balaban J connectivity index is 2.42. The van der Waals surface area contributed by atoms with Crippen molar-refractivity contribution in [2.24, 2.45) is 11.3 Å². The lowest BCUT2D eigenvalue weighted by atomic mass is 9.69. The molecular weight excluding hydrogens is 419 g/mol. The fourth-order valence-electron chi connectivity index (χ4n) is 4.21. The van der Waals surface area contributed by atoms with E-state index in [9.17, 15) is 14.7 Å². The fraction of sp³-hybridized carbons (Fsp3) is 0.458. The van der Waals surface area contributed by atoms with Crippen LogP contribution < -0.4 is 5.73 Å². The van der Waals surface area contributed by atoms with E-state index in [-0.39, 0.29) is 40.2 Å². The van der Waals surface area contributed by atoms with Gasteiger partial charge in [-0.2, -0.15) is 0 Å². The molecule has 0 aliphatic heterocycles. The van der Waals surface area contributed by atoms with Gasteiger partial charge in [0.05, 0.1) is 17.0 Å². The van der Waals surface area contributed by atoms with Gasteiger partial charge in [-0.3, -0.25) is 9.59 Å². The lowest BCUT2D eigenvalue weighted by Gasteiger charge is -2.35.